The highest BCUT2D eigenvalue weighted by Gasteiger charge is 2.34. The summed E-state index contributed by atoms with van der Waals surface area (Å²) in [7, 11) is 0. The fourth-order valence-corrected chi connectivity index (χ4v) is 10.2. The Morgan fingerprint density at radius 1 is 0.375 bits per heavy atom. The first-order chi connectivity index (χ1) is 34.9. The molecule has 380 valence electrons. The number of rotatable bonds is 16. The van der Waals surface area contributed by atoms with E-state index in [4.69, 9.17) is 18.9 Å². The number of hydrogen-bond donors (Lipinski definition) is 4. The third-order valence-electron chi connectivity index (χ3n) is 14.0. The Labute approximate surface area is 418 Å². The predicted molar refractivity (Wildman–Crippen MR) is 264 cm³/mol. The van der Waals surface area contributed by atoms with Gasteiger partial charge in [0.15, 0.2) is 0 Å². The van der Waals surface area contributed by atoms with Gasteiger partial charge < -0.3 is 39.4 Å². The van der Waals surface area contributed by atoms with Crippen molar-refractivity contribution in [1.29, 1.82) is 0 Å². The molecular weight excluding hydrogens is 929 g/mol. The average molecular weight is 991 g/mol. The normalized spacial score (nSPS) is 20.6. The highest BCUT2D eigenvalue weighted by molar-refractivity contribution is 5.39. The van der Waals surface area contributed by atoms with Crippen molar-refractivity contribution in [3.8, 4) is 23.0 Å². The van der Waals surface area contributed by atoms with Crippen molar-refractivity contribution in [2.45, 2.75) is 113 Å². The van der Waals surface area contributed by atoms with Crippen molar-refractivity contribution in [2.24, 2.45) is 0 Å². The van der Waals surface area contributed by atoms with E-state index in [0.717, 1.165) is 33.4 Å². The van der Waals surface area contributed by atoms with Crippen LogP contribution in [-0.2, 0) is 38.8 Å². The Morgan fingerprint density at radius 2 is 0.625 bits per heavy atom. The summed E-state index contributed by atoms with van der Waals surface area (Å²) >= 11 is 0. The van der Waals surface area contributed by atoms with Crippen LogP contribution in [0.4, 0.5) is 17.6 Å². The number of benzene rings is 6. The molecule has 4 aliphatic rings. The molecule has 8 atom stereocenters. The molecule has 0 aliphatic carbocycles. The molecule has 6 aromatic carbocycles. The largest absolute Gasteiger partial charge is 0.487 e. The van der Waals surface area contributed by atoms with Crippen LogP contribution in [-0.4, -0.2) is 105 Å². The lowest BCUT2D eigenvalue weighted by Gasteiger charge is -2.35. The molecule has 0 saturated heterocycles. The van der Waals surface area contributed by atoms with Gasteiger partial charge in [0.2, 0.25) is 0 Å². The van der Waals surface area contributed by atoms with E-state index in [1.54, 1.807) is 24.3 Å². The molecule has 4 N–H and O–H groups in total. The van der Waals surface area contributed by atoms with Crippen LogP contribution in [0.3, 0.4) is 0 Å². The second kappa shape index (κ2) is 23.7. The van der Waals surface area contributed by atoms with Gasteiger partial charge >= 0.3 is 0 Å². The summed E-state index contributed by atoms with van der Waals surface area (Å²) in [4.78, 5) is 4.02. The summed E-state index contributed by atoms with van der Waals surface area (Å²) in [5.74, 6) is 1.24. The van der Waals surface area contributed by atoms with Gasteiger partial charge in [-0.2, -0.15) is 0 Å². The molecule has 6 aromatic rings. The number of fused-ring (bicyclic) bond motifs is 4. The highest BCUT2D eigenvalue weighted by Crippen LogP contribution is 2.34. The number of aryl methyl sites for hydroxylation is 4. The molecule has 4 heterocycles. The second-order valence-corrected chi connectivity index (χ2v) is 19.4. The van der Waals surface area contributed by atoms with E-state index in [-0.39, 0.29) is 23.3 Å². The number of aliphatic hydroxyl groups excluding tert-OH is 4. The van der Waals surface area contributed by atoms with Gasteiger partial charge in [-0.05, 0) is 158 Å². The van der Waals surface area contributed by atoms with Crippen LogP contribution < -0.4 is 18.9 Å². The summed E-state index contributed by atoms with van der Waals surface area (Å²) < 4.78 is 78.2. The minimum atomic E-state index is -0.796. The smallest absolute Gasteiger partial charge is 0.126 e. The van der Waals surface area contributed by atoms with E-state index in [2.05, 4.69) is 0 Å². The van der Waals surface area contributed by atoms with Gasteiger partial charge in [-0.3, -0.25) is 9.80 Å². The molecular formula is C58H62F4N2O8. The lowest BCUT2D eigenvalue weighted by atomic mass is 9.97. The molecule has 4 aliphatic heterocycles. The third kappa shape index (κ3) is 13.3. The van der Waals surface area contributed by atoms with E-state index in [9.17, 15) is 38.0 Å². The summed E-state index contributed by atoms with van der Waals surface area (Å²) in [6.45, 7) is 2.25. The van der Waals surface area contributed by atoms with Crippen molar-refractivity contribution in [3.05, 3.63) is 190 Å². The van der Waals surface area contributed by atoms with E-state index in [0.29, 0.717) is 114 Å². The van der Waals surface area contributed by atoms with Crippen molar-refractivity contribution < 1.29 is 56.9 Å². The minimum Gasteiger partial charge on any atom is -0.487 e. The molecule has 10 nitrogen and oxygen atoms in total. The summed E-state index contributed by atoms with van der Waals surface area (Å²) in [6, 6.07) is 37.6. The standard InChI is InChI=1S/2C29H31F2NO4/c2*30-22-8-12-26-20(14-22)6-10-28(35-26)24(33)17-32(16-19-4-2-1-3-5-19)18-25(34)29-11-7-21-15-23(31)9-13-27(21)36-29/h2*1-5,8-9,12-15,24-25,28-29,33-34H,6-7,10-11,16-18H2/t2*24-,25-,28+,29+/m11/s1. The summed E-state index contributed by atoms with van der Waals surface area (Å²) in [5.41, 5.74) is 5.36. The van der Waals surface area contributed by atoms with E-state index >= 15 is 0 Å². The fourth-order valence-electron chi connectivity index (χ4n) is 10.2. The van der Waals surface area contributed by atoms with Crippen molar-refractivity contribution in [1.82, 2.24) is 9.80 Å². The Kier molecular flexibility index (Phi) is 16.8. The zero-order valence-electron chi connectivity index (χ0n) is 40.0. The molecule has 0 amide bonds. The topological polar surface area (TPSA) is 124 Å². The first-order valence-electron chi connectivity index (χ1n) is 24.9. The molecule has 0 spiro atoms. The Bertz CT molecular complexity index is 2390. The fraction of sp³-hybridized carbons (Fsp3) is 0.379. The van der Waals surface area contributed by atoms with Crippen LogP contribution >= 0.6 is 0 Å². The first-order valence-corrected chi connectivity index (χ1v) is 24.9. The van der Waals surface area contributed by atoms with Crippen LogP contribution in [0.25, 0.3) is 0 Å². The van der Waals surface area contributed by atoms with Gasteiger partial charge in [-0.25, -0.2) is 17.6 Å². The quantitative estimate of drug-likeness (QED) is 0.0702. The average Bonchev–Trinajstić information content (AvgIpc) is 3.38. The summed E-state index contributed by atoms with van der Waals surface area (Å²) in [5, 5.41) is 44.4. The zero-order valence-corrected chi connectivity index (χ0v) is 40.0. The number of hydrogen-bond acceptors (Lipinski definition) is 10. The Balaban J connectivity index is 0.000000178. The maximum absolute atomic E-state index is 13.5. The van der Waals surface area contributed by atoms with Crippen LogP contribution in [0.15, 0.2) is 133 Å². The van der Waals surface area contributed by atoms with Crippen LogP contribution in [0.5, 0.6) is 23.0 Å². The van der Waals surface area contributed by atoms with E-state index in [1.807, 2.05) is 70.5 Å². The highest BCUT2D eigenvalue weighted by atomic mass is 19.1. The number of ether oxygens (including phenoxy) is 4. The Hall–Kier alpha value is -6.00. The molecule has 0 unspecified atom stereocenters. The predicted octanol–water partition coefficient (Wildman–Crippen LogP) is 8.55. The zero-order chi connectivity index (χ0) is 50.1. The van der Waals surface area contributed by atoms with Crippen molar-refractivity contribution in [2.75, 3.05) is 26.2 Å². The van der Waals surface area contributed by atoms with Crippen LogP contribution in [0, 0.1) is 23.3 Å². The molecule has 0 saturated carbocycles. The van der Waals surface area contributed by atoms with Gasteiger partial charge in [0.05, 0.1) is 0 Å². The Morgan fingerprint density at radius 3 is 0.875 bits per heavy atom. The lowest BCUT2D eigenvalue weighted by Crippen LogP contribution is -2.48. The number of halogens is 4. The second-order valence-electron chi connectivity index (χ2n) is 19.4. The number of nitrogens with zero attached hydrogens (tertiary/aromatic N) is 2. The van der Waals surface area contributed by atoms with Gasteiger partial charge in [0, 0.05) is 39.3 Å². The molecule has 0 radical (unpaired) electrons. The number of aliphatic hydroxyl groups is 4. The van der Waals surface area contributed by atoms with Gasteiger partial charge in [0.25, 0.3) is 0 Å². The maximum Gasteiger partial charge on any atom is 0.126 e. The molecule has 10 rings (SSSR count). The summed E-state index contributed by atoms with van der Waals surface area (Å²) in [6.07, 6.45) is -0.0334. The van der Waals surface area contributed by atoms with Gasteiger partial charge in [-0.15, -0.1) is 0 Å². The van der Waals surface area contributed by atoms with Crippen LogP contribution in [0.1, 0.15) is 59.1 Å². The van der Waals surface area contributed by atoms with Gasteiger partial charge in [-0.1, -0.05) is 60.7 Å². The SMILES string of the molecule is O[C@H](CN(Cc1ccccc1)C[C@@H](O)[C@@H]1CCc2cc(F)ccc2O1)[C@@H]1CCc2cc(F)ccc2O1.O[C@H](CN(Cc1ccccc1)C[C@@H](O)[C@@H]1CCc2cc(F)ccc2O1)[C@@H]1CCc2cc(F)ccc2O1. The molecule has 0 aromatic heterocycles. The lowest BCUT2D eigenvalue weighted by molar-refractivity contribution is -0.0296. The van der Waals surface area contributed by atoms with Gasteiger partial charge in [0.1, 0.15) is 95.1 Å². The van der Waals surface area contributed by atoms with Crippen LogP contribution in [0.2, 0.25) is 0 Å². The van der Waals surface area contributed by atoms with E-state index in [1.165, 1.54) is 48.5 Å². The van der Waals surface area contributed by atoms with E-state index < -0.39 is 48.8 Å². The molecule has 0 bridgehead atoms. The maximum atomic E-state index is 13.5. The molecule has 14 heteroatoms. The van der Waals surface area contributed by atoms with Crippen molar-refractivity contribution >= 4 is 0 Å². The third-order valence-corrected chi connectivity index (χ3v) is 14.0. The molecule has 72 heavy (non-hydrogen) atoms. The van der Waals surface area contributed by atoms with Crippen molar-refractivity contribution in [3.63, 3.8) is 0 Å². The first kappa shape index (κ1) is 50.9. The monoisotopic (exact) mass is 990 g/mol. The minimum absolute atomic E-state index is 0.293. The molecule has 0 fully saturated rings.